The summed E-state index contributed by atoms with van der Waals surface area (Å²) in [6, 6.07) is 13.8. The number of nitrogens with zero attached hydrogens (tertiary/aromatic N) is 1. The molecular weight excluding hydrogens is 280 g/mol. The predicted molar refractivity (Wildman–Crippen MR) is 76.8 cm³/mol. The lowest BCUT2D eigenvalue weighted by Crippen LogP contribution is -2.00. The van der Waals surface area contributed by atoms with Crippen LogP contribution in [0.4, 0.5) is 5.69 Å². The Labute approximate surface area is 119 Å². The van der Waals surface area contributed by atoms with Crippen LogP contribution in [0.1, 0.15) is 10.4 Å². The molecule has 5 nitrogen and oxygen atoms in total. The summed E-state index contributed by atoms with van der Waals surface area (Å²) in [6.45, 7) is 0. The number of aromatic nitrogens is 1. The Morgan fingerprint density at radius 1 is 1.15 bits per heavy atom. The third kappa shape index (κ3) is 3.07. The fraction of sp³-hybridized carbons (Fsp3) is 0. The van der Waals surface area contributed by atoms with Gasteiger partial charge in [0.05, 0.1) is 10.9 Å². The Morgan fingerprint density at radius 2 is 1.80 bits per heavy atom. The van der Waals surface area contributed by atoms with Crippen molar-refractivity contribution in [3.8, 4) is 0 Å². The van der Waals surface area contributed by atoms with E-state index in [1.807, 2.05) is 24.3 Å². The summed E-state index contributed by atoms with van der Waals surface area (Å²) >= 11 is 5.67. The molecule has 3 aromatic rings. The molecular formula is C14H11ClN2O3. The summed E-state index contributed by atoms with van der Waals surface area (Å²) in [6.07, 6.45) is 0. The summed E-state index contributed by atoms with van der Waals surface area (Å²) < 4.78 is 4.87. The van der Waals surface area contributed by atoms with Gasteiger partial charge >= 0.3 is 5.97 Å². The molecule has 102 valence electrons. The van der Waals surface area contributed by atoms with E-state index in [2.05, 4.69) is 5.16 Å². The molecule has 0 saturated carbocycles. The van der Waals surface area contributed by atoms with E-state index in [0.29, 0.717) is 10.8 Å². The third-order valence-electron chi connectivity index (χ3n) is 2.52. The van der Waals surface area contributed by atoms with E-state index in [1.165, 1.54) is 6.07 Å². The first-order valence-electron chi connectivity index (χ1n) is 5.67. The predicted octanol–water partition coefficient (Wildman–Crippen LogP) is 3.45. The molecule has 0 atom stereocenters. The number of carboxylic acid groups (broad SMARTS) is 1. The quantitative estimate of drug-likeness (QED) is 0.670. The van der Waals surface area contributed by atoms with Crippen molar-refractivity contribution in [3.63, 3.8) is 0 Å². The minimum atomic E-state index is -0.988. The van der Waals surface area contributed by atoms with E-state index < -0.39 is 5.97 Å². The number of benzene rings is 2. The monoisotopic (exact) mass is 290 g/mol. The van der Waals surface area contributed by atoms with Gasteiger partial charge in [0.15, 0.2) is 10.7 Å². The maximum Gasteiger partial charge on any atom is 0.337 e. The van der Waals surface area contributed by atoms with Gasteiger partial charge < -0.3 is 15.4 Å². The normalized spacial score (nSPS) is 9.85. The smallest absolute Gasteiger partial charge is 0.337 e. The van der Waals surface area contributed by atoms with Gasteiger partial charge in [-0.25, -0.2) is 4.79 Å². The van der Waals surface area contributed by atoms with Crippen LogP contribution >= 0.6 is 11.6 Å². The van der Waals surface area contributed by atoms with Gasteiger partial charge in [-0.2, -0.15) is 0 Å². The standard InChI is InChI=1S/C7H4ClNO.C7H7NO2/c8-7-5-3-1-2-4-6(5)10-9-7;8-6-4-2-1-3-5(6)7(9)10/h1-4H;1-4H,8H2,(H,9,10). The molecule has 1 aromatic heterocycles. The Hall–Kier alpha value is -2.53. The number of carboxylic acids is 1. The Kier molecular flexibility index (Phi) is 4.22. The van der Waals surface area contributed by atoms with Crippen molar-refractivity contribution in [2.75, 3.05) is 5.73 Å². The minimum absolute atomic E-state index is 0.155. The SMILES string of the molecule is Clc1noc2ccccc12.Nc1ccccc1C(=O)O. The van der Waals surface area contributed by atoms with Gasteiger partial charge in [0.2, 0.25) is 0 Å². The van der Waals surface area contributed by atoms with Gasteiger partial charge in [-0.3, -0.25) is 0 Å². The molecule has 0 aliphatic heterocycles. The van der Waals surface area contributed by atoms with Crippen molar-refractivity contribution in [2.45, 2.75) is 0 Å². The van der Waals surface area contributed by atoms with Crippen LogP contribution in [0.15, 0.2) is 53.1 Å². The molecule has 0 bridgehead atoms. The summed E-state index contributed by atoms with van der Waals surface area (Å²) in [4.78, 5) is 10.3. The van der Waals surface area contributed by atoms with Crippen molar-refractivity contribution < 1.29 is 14.4 Å². The summed E-state index contributed by atoms with van der Waals surface area (Å²) in [5, 5.41) is 13.4. The summed E-state index contributed by atoms with van der Waals surface area (Å²) in [5.41, 5.74) is 6.53. The molecule has 0 aliphatic carbocycles. The Morgan fingerprint density at radius 3 is 2.40 bits per heavy atom. The minimum Gasteiger partial charge on any atom is -0.478 e. The Balaban J connectivity index is 0.000000147. The molecule has 1 heterocycles. The van der Waals surface area contributed by atoms with E-state index in [9.17, 15) is 4.79 Å². The van der Waals surface area contributed by atoms with Crippen molar-refractivity contribution in [2.24, 2.45) is 0 Å². The maximum absolute atomic E-state index is 10.3. The molecule has 3 rings (SSSR count). The van der Waals surface area contributed by atoms with Crippen LogP contribution in [0.3, 0.4) is 0 Å². The van der Waals surface area contributed by atoms with E-state index in [0.717, 1.165) is 11.0 Å². The van der Waals surface area contributed by atoms with Gasteiger partial charge in [-0.1, -0.05) is 41.0 Å². The molecule has 20 heavy (non-hydrogen) atoms. The number of hydrogen-bond donors (Lipinski definition) is 2. The highest BCUT2D eigenvalue weighted by Crippen LogP contribution is 2.21. The third-order valence-corrected chi connectivity index (χ3v) is 2.80. The Bertz CT molecular complexity index is 740. The number of hydrogen-bond acceptors (Lipinski definition) is 4. The topological polar surface area (TPSA) is 89.4 Å². The van der Waals surface area contributed by atoms with Gasteiger partial charge in [-0.05, 0) is 24.3 Å². The van der Waals surface area contributed by atoms with Crippen molar-refractivity contribution in [1.29, 1.82) is 0 Å². The molecule has 0 spiro atoms. The lowest BCUT2D eigenvalue weighted by molar-refractivity contribution is 0.0698. The number of anilines is 1. The number of aromatic carboxylic acids is 1. The second kappa shape index (κ2) is 6.08. The second-order valence-electron chi connectivity index (χ2n) is 3.86. The molecule has 3 N–H and O–H groups in total. The number of carbonyl (C=O) groups is 1. The zero-order chi connectivity index (χ0) is 14.5. The molecule has 2 aromatic carbocycles. The zero-order valence-electron chi connectivity index (χ0n) is 10.3. The average Bonchev–Trinajstić information content (AvgIpc) is 2.82. The van der Waals surface area contributed by atoms with Gasteiger partial charge in [0.1, 0.15) is 0 Å². The highest BCUT2D eigenvalue weighted by molar-refractivity contribution is 6.33. The number of rotatable bonds is 1. The lowest BCUT2D eigenvalue weighted by atomic mass is 10.2. The largest absolute Gasteiger partial charge is 0.478 e. The molecule has 0 radical (unpaired) electrons. The average molecular weight is 291 g/mol. The fourth-order valence-corrected chi connectivity index (χ4v) is 1.74. The summed E-state index contributed by atoms with van der Waals surface area (Å²) in [7, 11) is 0. The van der Waals surface area contributed by atoms with Gasteiger partial charge in [-0.15, -0.1) is 0 Å². The van der Waals surface area contributed by atoms with Crippen LogP contribution in [0.5, 0.6) is 0 Å². The van der Waals surface area contributed by atoms with Crippen molar-refractivity contribution in [3.05, 3.63) is 59.2 Å². The number of nitrogens with two attached hydrogens (primary N) is 1. The van der Waals surface area contributed by atoms with Crippen LogP contribution in [0, 0.1) is 0 Å². The molecule has 0 fully saturated rings. The van der Waals surface area contributed by atoms with Gasteiger partial charge in [0.25, 0.3) is 0 Å². The number of para-hydroxylation sites is 2. The van der Waals surface area contributed by atoms with Crippen LogP contribution < -0.4 is 5.73 Å². The lowest BCUT2D eigenvalue weighted by Gasteiger charge is -1.96. The molecule has 6 heteroatoms. The highest BCUT2D eigenvalue weighted by Gasteiger charge is 2.04. The fourth-order valence-electron chi connectivity index (χ4n) is 1.55. The highest BCUT2D eigenvalue weighted by atomic mass is 35.5. The van der Waals surface area contributed by atoms with E-state index in [1.54, 1.807) is 18.2 Å². The van der Waals surface area contributed by atoms with E-state index >= 15 is 0 Å². The first kappa shape index (κ1) is 13.9. The van der Waals surface area contributed by atoms with E-state index in [-0.39, 0.29) is 5.56 Å². The molecule has 0 amide bonds. The second-order valence-corrected chi connectivity index (χ2v) is 4.22. The molecule has 0 unspecified atom stereocenters. The van der Waals surface area contributed by atoms with Crippen LogP contribution in [0.25, 0.3) is 11.0 Å². The van der Waals surface area contributed by atoms with Crippen molar-refractivity contribution in [1.82, 2.24) is 5.16 Å². The summed E-state index contributed by atoms with van der Waals surface area (Å²) in [5.74, 6) is -0.988. The first-order valence-corrected chi connectivity index (χ1v) is 6.05. The van der Waals surface area contributed by atoms with Crippen LogP contribution in [-0.2, 0) is 0 Å². The molecule has 0 saturated heterocycles. The van der Waals surface area contributed by atoms with Crippen molar-refractivity contribution >= 4 is 34.2 Å². The number of nitrogen functional groups attached to an aromatic ring is 1. The van der Waals surface area contributed by atoms with E-state index in [4.69, 9.17) is 27.0 Å². The number of fused-ring (bicyclic) bond motifs is 1. The number of halogens is 1. The zero-order valence-corrected chi connectivity index (χ0v) is 11.0. The van der Waals surface area contributed by atoms with Crippen LogP contribution in [-0.4, -0.2) is 16.2 Å². The first-order chi connectivity index (χ1) is 9.59. The van der Waals surface area contributed by atoms with Crippen LogP contribution in [0.2, 0.25) is 5.15 Å². The maximum atomic E-state index is 10.3. The van der Waals surface area contributed by atoms with Gasteiger partial charge in [0, 0.05) is 5.69 Å². The molecule has 0 aliphatic rings.